The topological polar surface area (TPSA) is 70.2 Å². The lowest BCUT2D eigenvalue weighted by molar-refractivity contribution is -0.126. The highest BCUT2D eigenvalue weighted by Crippen LogP contribution is 2.25. The minimum absolute atomic E-state index is 0. The number of carbonyl (C=O) groups excluding carboxylic acids is 2. The van der Waals surface area contributed by atoms with Gasteiger partial charge in [-0.05, 0) is 25.8 Å². The van der Waals surface area contributed by atoms with Gasteiger partial charge in [-0.1, -0.05) is 19.3 Å². The van der Waals surface area contributed by atoms with Crippen LogP contribution in [0.25, 0.3) is 0 Å². The number of likely N-dealkylation sites (N-methyl/N-ethyl adjacent to an activating group) is 1. The molecule has 1 saturated carbocycles. The third kappa shape index (κ3) is 8.83. The van der Waals surface area contributed by atoms with Crippen LogP contribution in [0.5, 0.6) is 0 Å². The Kier molecular flexibility index (Phi) is 10.6. The van der Waals surface area contributed by atoms with E-state index in [0.29, 0.717) is 18.9 Å². The van der Waals surface area contributed by atoms with Crippen molar-refractivity contribution in [3.8, 4) is 0 Å². The van der Waals surface area contributed by atoms with Crippen molar-refractivity contribution in [1.29, 1.82) is 0 Å². The van der Waals surface area contributed by atoms with Crippen LogP contribution >= 0.6 is 12.4 Å². The van der Waals surface area contributed by atoms with E-state index in [1.165, 1.54) is 19.3 Å². The number of hydrogen-bond acceptors (Lipinski definition) is 3. The minimum atomic E-state index is -0.123. The van der Waals surface area contributed by atoms with E-state index in [1.807, 2.05) is 7.05 Å². The average molecular weight is 292 g/mol. The Bertz CT molecular complexity index is 269. The van der Waals surface area contributed by atoms with Crippen LogP contribution in [-0.2, 0) is 9.59 Å². The molecule has 0 heterocycles. The van der Waals surface area contributed by atoms with Gasteiger partial charge in [0.05, 0.1) is 6.54 Å². The van der Waals surface area contributed by atoms with Crippen LogP contribution in [0, 0.1) is 5.92 Å². The normalized spacial score (nSPS) is 15.4. The molecule has 0 aromatic carbocycles. The van der Waals surface area contributed by atoms with Crippen molar-refractivity contribution in [2.24, 2.45) is 5.92 Å². The maximum Gasteiger partial charge on any atom is 0.239 e. The fourth-order valence-corrected chi connectivity index (χ4v) is 2.29. The summed E-state index contributed by atoms with van der Waals surface area (Å²) in [5.74, 6) is 0.402. The second-order valence-electron chi connectivity index (χ2n) is 4.94. The summed E-state index contributed by atoms with van der Waals surface area (Å²) in [6, 6.07) is 0. The molecule has 19 heavy (non-hydrogen) atoms. The summed E-state index contributed by atoms with van der Waals surface area (Å²) >= 11 is 0. The van der Waals surface area contributed by atoms with Crippen LogP contribution in [0.4, 0.5) is 0 Å². The van der Waals surface area contributed by atoms with Gasteiger partial charge in [-0.15, -0.1) is 12.4 Å². The zero-order valence-corrected chi connectivity index (χ0v) is 12.5. The largest absolute Gasteiger partial charge is 0.353 e. The molecule has 0 bridgehead atoms. The third-order valence-electron chi connectivity index (χ3n) is 3.34. The Hall–Kier alpha value is -0.810. The smallest absolute Gasteiger partial charge is 0.239 e. The van der Waals surface area contributed by atoms with Crippen LogP contribution in [-0.4, -0.2) is 38.5 Å². The molecule has 0 atom stereocenters. The van der Waals surface area contributed by atoms with Gasteiger partial charge < -0.3 is 16.0 Å². The molecule has 112 valence electrons. The second-order valence-corrected chi connectivity index (χ2v) is 4.94. The summed E-state index contributed by atoms with van der Waals surface area (Å²) in [6.07, 6.45) is 6.66. The highest BCUT2D eigenvalue weighted by Gasteiger charge is 2.17. The summed E-state index contributed by atoms with van der Waals surface area (Å²) < 4.78 is 0. The standard InChI is InChI=1S/C13H25N3O2.ClH/c1-14-7-8-15-13(18)10-16-12(17)9-11-5-3-2-4-6-11;/h11,14H,2-10H2,1H3,(H,15,18)(H,16,17);1H. The first kappa shape index (κ1) is 18.2. The summed E-state index contributed by atoms with van der Waals surface area (Å²) in [6.45, 7) is 1.42. The molecule has 5 nitrogen and oxygen atoms in total. The molecule has 0 saturated heterocycles. The Morgan fingerprint density at radius 2 is 1.68 bits per heavy atom. The number of amides is 2. The number of hydrogen-bond donors (Lipinski definition) is 3. The lowest BCUT2D eigenvalue weighted by Gasteiger charge is -2.20. The van der Waals surface area contributed by atoms with Gasteiger partial charge in [0, 0.05) is 19.5 Å². The number of nitrogens with one attached hydrogen (secondary N) is 3. The lowest BCUT2D eigenvalue weighted by Crippen LogP contribution is -2.39. The minimum Gasteiger partial charge on any atom is -0.353 e. The van der Waals surface area contributed by atoms with E-state index in [4.69, 9.17) is 0 Å². The van der Waals surface area contributed by atoms with Crippen molar-refractivity contribution in [2.45, 2.75) is 38.5 Å². The van der Waals surface area contributed by atoms with Gasteiger partial charge in [-0.3, -0.25) is 9.59 Å². The fraction of sp³-hybridized carbons (Fsp3) is 0.846. The first-order chi connectivity index (χ1) is 8.72. The lowest BCUT2D eigenvalue weighted by atomic mass is 9.87. The summed E-state index contributed by atoms with van der Waals surface area (Å²) in [4.78, 5) is 23.0. The molecule has 0 aliphatic heterocycles. The molecule has 1 rings (SSSR count). The first-order valence-corrected chi connectivity index (χ1v) is 6.90. The van der Waals surface area contributed by atoms with Gasteiger partial charge in [-0.2, -0.15) is 0 Å². The van der Waals surface area contributed by atoms with Crippen LogP contribution in [0.3, 0.4) is 0 Å². The van der Waals surface area contributed by atoms with Crippen LogP contribution in [0.1, 0.15) is 38.5 Å². The van der Waals surface area contributed by atoms with E-state index in [-0.39, 0.29) is 30.8 Å². The molecule has 0 unspecified atom stereocenters. The van der Waals surface area contributed by atoms with Crippen LogP contribution in [0.15, 0.2) is 0 Å². The molecule has 6 heteroatoms. The zero-order valence-electron chi connectivity index (χ0n) is 11.7. The SMILES string of the molecule is CNCCNC(=O)CNC(=O)CC1CCCCC1.Cl. The Labute approximate surface area is 121 Å². The quantitative estimate of drug-likeness (QED) is 0.609. The van der Waals surface area contributed by atoms with Crippen molar-refractivity contribution in [1.82, 2.24) is 16.0 Å². The molecule has 0 aromatic heterocycles. The van der Waals surface area contributed by atoms with Crippen LogP contribution in [0.2, 0.25) is 0 Å². The van der Waals surface area contributed by atoms with Crippen molar-refractivity contribution in [2.75, 3.05) is 26.7 Å². The molecule has 0 radical (unpaired) electrons. The maximum atomic E-state index is 11.6. The molecule has 1 fully saturated rings. The van der Waals surface area contributed by atoms with E-state index >= 15 is 0 Å². The molecule has 2 amide bonds. The number of rotatable bonds is 7. The zero-order chi connectivity index (χ0) is 13.2. The predicted octanol–water partition coefficient (Wildman–Crippen LogP) is 0.830. The number of carbonyl (C=O) groups is 2. The molecule has 1 aliphatic rings. The van der Waals surface area contributed by atoms with E-state index in [1.54, 1.807) is 0 Å². The second kappa shape index (κ2) is 11.1. The monoisotopic (exact) mass is 291 g/mol. The predicted molar refractivity (Wildman–Crippen MR) is 78.4 cm³/mol. The molecule has 0 aromatic rings. The summed E-state index contributed by atoms with van der Waals surface area (Å²) in [5, 5.41) is 8.35. The highest BCUT2D eigenvalue weighted by molar-refractivity contribution is 5.85. The fourth-order valence-electron chi connectivity index (χ4n) is 2.29. The van der Waals surface area contributed by atoms with Crippen LogP contribution < -0.4 is 16.0 Å². The van der Waals surface area contributed by atoms with Gasteiger partial charge in [0.25, 0.3) is 0 Å². The molecular formula is C13H26ClN3O2. The molecular weight excluding hydrogens is 266 g/mol. The van der Waals surface area contributed by atoms with Gasteiger partial charge in [0.15, 0.2) is 0 Å². The summed E-state index contributed by atoms with van der Waals surface area (Å²) in [7, 11) is 1.83. The van der Waals surface area contributed by atoms with Gasteiger partial charge in [0.1, 0.15) is 0 Å². The molecule has 0 spiro atoms. The third-order valence-corrected chi connectivity index (χ3v) is 3.34. The van der Waals surface area contributed by atoms with Crippen molar-refractivity contribution in [3.63, 3.8) is 0 Å². The van der Waals surface area contributed by atoms with E-state index < -0.39 is 0 Å². The van der Waals surface area contributed by atoms with E-state index in [0.717, 1.165) is 19.4 Å². The van der Waals surface area contributed by atoms with Gasteiger partial charge >= 0.3 is 0 Å². The highest BCUT2D eigenvalue weighted by atomic mass is 35.5. The van der Waals surface area contributed by atoms with Crippen molar-refractivity contribution in [3.05, 3.63) is 0 Å². The maximum absolute atomic E-state index is 11.6. The first-order valence-electron chi connectivity index (χ1n) is 6.90. The van der Waals surface area contributed by atoms with Gasteiger partial charge in [0.2, 0.25) is 11.8 Å². The average Bonchev–Trinajstić information content (AvgIpc) is 2.38. The Morgan fingerprint density at radius 3 is 2.32 bits per heavy atom. The Balaban J connectivity index is 0.00000324. The van der Waals surface area contributed by atoms with E-state index in [2.05, 4.69) is 16.0 Å². The molecule has 3 N–H and O–H groups in total. The molecule has 1 aliphatic carbocycles. The Morgan fingerprint density at radius 1 is 1.00 bits per heavy atom. The van der Waals surface area contributed by atoms with Crippen molar-refractivity contribution >= 4 is 24.2 Å². The number of halogens is 1. The summed E-state index contributed by atoms with van der Waals surface area (Å²) in [5.41, 5.74) is 0. The van der Waals surface area contributed by atoms with Gasteiger partial charge in [-0.25, -0.2) is 0 Å². The van der Waals surface area contributed by atoms with Crippen molar-refractivity contribution < 1.29 is 9.59 Å². The van der Waals surface area contributed by atoms with E-state index in [9.17, 15) is 9.59 Å².